The zero-order valence-corrected chi connectivity index (χ0v) is 16.8. The van der Waals surface area contributed by atoms with Crippen LogP contribution in [-0.4, -0.2) is 34.0 Å². The summed E-state index contributed by atoms with van der Waals surface area (Å²) in [7, 11) is 0. The van der Waals surface area contributed by atoms with Crippen LogP contribution in [-0.2, 0) is 0 Å². The molecule has 2 amide bonds. The van der Waals surface area contributed by atoms with Gasteiger partial charge in [0, 0.05) is 11.1 Å². The van der Waals surface area contributed by atoms with Crippen LogP contribution in [0, 0.1) is 0 Å². The van der Waals surface area contributed by atoms with Gasteiger partial charge in [-0.2, -0.15) is 0 Å². The van der Waals surface area contributed by atoms with Crippen LogP contribution >= 0.6 is 0 Å². The fourth-order valence-electron chi connectivity index (χ4n) is 2.13. The molecule has 0 heterocycles. The van der Waals surface area contributed by atoms with Crippen molar-refractivity contribution in [2.75, 3.05) is 0 Å². The van der Waals surface area contributed by atoms with Gasteiger partial charge >= 0.3 is 11.9 Å². The van der Waals surface area contributed by atoms with E-state index in [1.165, 1.54) is 18.2 Å². The lowest BCUT2D eigenvalue weighted by Crippen LogP contribution is -2.29. The number of hydrogen-bond donors (Lipinski definition) is 6. The third kappa shape index (κ3) is 8.86. The number of amides is 2. The SMILES string of the molecule is NNC(=O)c1ccccc1.NNC(=O)c1ccccc1.O=C(O)c1cccc(C(=O)O)c1. The molecule has 0 fully saturated rings. The van der Waals surface area contributed by atoms with Crippen LogP contribution in [0.4, 0.5) is 0 Å². The van der Waals surface area contributed by atoms with Crippen LogP contribution in [0.25, 0.3) is 0 Å². The number of hydrogen-bond acceptors (Lipinski definition) is 6. The van der Waals surface area contributed by atoms with Crippen LogP contribution < -0.4 is 22.5 Å². The first-order chi connectivity index (χ1) is 15.3. The van der Waals surface area contributed by atoms with Gasteiger partial charge in [-0.1, -0.05) is 42.5 Å². The van der Waals surface area contributed by atoms with E-state index in [0.29, 0.717) is 11.1 Å². The second kappa shape index (κ2) is 13.6. The predicted molar refractivity (Wildman–Crippen MR) is 117 cm³/mol. The van der Waals surface area contributed by atoms with E-state index in [0.717, 1.165) is 6.07 Å². The van der Waals surface area contributed by atoms with Gasteiger partial charge in [-0.25, -0.2) is 21.3 Å². The number of rotatable bonds is 4. The number of benzene rings is 3. The Bertz CT molecular complexity index is 962. The second-order valence-corrected chi connectivity index (χ2v) is 5.87. The van der Waals surface area contributed by atoms with Gasteiger partial charge in [-0.15, -0.1) is 0 Å². The Balaban J connectivity index is 0.000000241. The lowest BCUT2D eigenvalue weighted by molar-refractivity contribution is 0.0696. The van der Waals surface area contributed by atoms with E-state index in [1.807, 2.05) is 23.0 Å². The Morgan fingerprint density at radius 1 is 0.531 bits per heavy atom. The van der Waals surface area contributed by atoms with Crippen LogP contribution in [0.3, 0.4) is 0 Å². The van der Waals surface area contributed by atoms with Gasteiger partial charge in [-0.3, -0.25) is 20.4 Å². The number of nitrogen functional groups attached to an aromatic ring is 2. The lowest BCUT2D eigenvalue weighted by Gasteiger charge is -1.95. The topological polar surface area (TPSA) is 185 Å². The Morgan fingerprint density at radius 3 is 1.12 bits per heavy atom. The van der Waals surface area contributed by atoms with Gasteiger partial charge < -0.3 is 10.2 Å². The smallest absolute Gasteiger partial charge is 0.335 e. The van der Waals surface area contributed by atoms with Crippen molar-refractivity contribution in [3.05, 3.63) is 107 Å². The van der Waals surface area contributed by atoms with E-state index in [4.69, 9.17) is 21.9 Å². The molecule has 0 aliphatic rings. The Hall–Kier alpha value is -4.54. The molecule has 10 heteroatoms. The molecule has 0 aromatic heterocycles. The summed E-state index contributed by atoms with van der Waals surface area (Å²) in [5.74, 6) is 7.03. The summed E-state index contributed by atoms with van der Waals surface area (Å²) in [5, 5.41) is 17.0. The Labute approximate surface area is 183 Å². The van der Waals surface area contributed by atoms with Gasteiger partial charge in [0.25, 0.3) is 11.8 Å². The molecule has 10 nitrogen and oxygen atoms in total. The van der Waals surface area contributed by atoms with E-state index >= 15 is 0 Å². The minimum absolute atomic E-state index is 0.0186. The molecule has 3 aromatic carbocycles. The summed E-state index contributed by atoms with van der Waals surface area (Å²) in [4.78, 5) is 42.3. The van der Waals surface area contributed by atoms with E-state index < -0.39 is 11.9 Å². The first-order valence-corrected chi connectivity index (χ1v) is 8.98. The maximum atomic E-state index is 10.8. The normalized spacial score (nSPS) is 9.06. The molecule has 32 heavy (non-hydrogen) atoms. The summed E-state index contributed by atoms with van der Waals surface area (Å²) >= 11 is 0. The minimum atomic E-state index is -1.13. The van der Waals surface area contributed by atoms with E-state index in [-0.39, 0.29) is 22.9 Å². The van der Waals surface area contributed by atoms with E-state index in [9.17, 15) is 19.2 Å². The number of carboxylic acid groups (broad SMARTS) is 2. The average Bonchev–Trinajstić information content (AvgIpc) is 2.85. The van der Waals surface area contributed by atoms with Gasteiger partial charge in [0.15, 0.2) is 0 Å². The van der Waals surface area contributed by atoms with Crippen molar-refractivity contribution < 1.29 is 29.4 Å². The molecule has 0 bridgehead atoms. The highest BCUT2D eigenvalue weighted by molar-refractivity contribution is 5.94. The van der Waals surface area contributed by atoms with Crippen molar-refractivity contribution in [3.63, 3.8) is 0 Å². The highest BCUT2D eigenvalue weighted by Crippen LogP contribution is 2.04. The molecule has 0 aliphatic heterocycles. The number of aromatic carboxylic acids is 2. The summed E-state index contributed by atoms with van der Waals surface area (Å²) < 4.78 is 0. The molecule has 0 spiro atoms. The summed E-state index contributed by atoms with van der Waals surface area (Å²) in [5.41, 5.74) is 5.20. The molecule has 8 N–H and O–H groups in total. The lowest BCUT2D eigenvalue weighted by atomic mass is 10.1. The molecule has 0 saturated carbocycles. The fourth-order valence-corrected chi connectivity index (χ4v) is 2.13. The van der Waals surface area contributed by atoms with E-state index in [2.05, 4.69) is 0 Å². The molecule has 3 aromatic rings. The fraction of sp³-hybridized carbons (Fsp3) is 0. The second-order valence-electron chi connectivity index (χ2n) is 5.87. The molecule has 3 rings (SSSR count). The van der Waals surface area contributed by atoms with Crippen molar-refractivity contribution in [3.8, 4) is 0 Å². The van der Waals surface area contributed by atoms with Crippen LogP contribution in [0.1, 0.15) is 41.4 Å². The third-order valence-corrected chi connectivity index (χ3v) is 3.69. The maximum Gasteiger partial charge on any atom is 0.335 e. The standard InChI is InChI=1S/C8H6O4.2C7H8N2O/c9-7(10)5-2-1-3-6(4-5)8(11)12;2*8-9-7(10)6-4-2-1-3-5-6/h1-4H,(H,9,10)(H,11,12);2*1-5H,8H2,(H,9,10). The molecule has 166 valence electrons. The van der Waals surface area contributed by atoms with Crippen molar-refractivity contribution in [2.24, 2.45) is 11.7 Å². The molecule has 0 saturated heterocycles. The summed E-state index contributed by atoms with van der Waals surface area (Å²) in [6, 6.07) is 22.8. The summed E-state index contributed by atoms with van der Waals surface area (Å²) in [6.07, 6.45) is 0. The highest BCUT2D eigenvalue weighted by atomic mass is 16.4. The van der Waals surface area contributed by atoms with Crippen LogP contribution in [0.15, 0.2) is 84.9 Å². The number of nitrogens with one attached hydrogen (secondary N) is 2. The summed E-state index contributed by atoms with van der Waals surface area (Å²) in [6.45, 7) is 0. The Kier molecular flexibility index (Phi) is 10.9. The first kappa shape index (κ1) is 25.5. The predicted octanol–water partition coefficient (Wildman–Crippen LogP) is 1.66. The maximum absolute atomic E-state index is 10.8. The zero-order valence-electron chi connectivity index (χ0n) is 16.8. The molecular weight excluding hydrogens is 416 g/mol. The van der Waals surface area contributed by atoms with Crippen LogP contribution in [0.2, 0.25) is 0 Å². The van der Waals surface area contributed by atoms with E-state index in [1.54, 1.807) is 48.5 Å². The third-order valence-electron chi connectivity index (χ3n) is 3.69. The highest BCUT2D eigenvalue weighted by Gasteiger charge is 2.06. The van der Waals surface area contributed by atoms with Crippen LogP contribution in [0.5, 0.6) is 0 Å². The van der Waals surface area contributed by atoms with Gasteiger partial charge in [0.05, 0.1) is 11.1 Å². The molecular formula is C22H22N4O6. The number of carbonyl (C=O) groups is 4. The zero-order chi connectivity index (χ0) is 23.9. The Morgan fingerprint density at radius 2 is 0.844 bits per heavy atom. The van der Waals surface area contributed by atoms with Gasteiger partial charge in [0.2, 0.25) is 0 Å². The van der Waals surface area contributed by atoms with Crippen molar-refractivity contribution in [2.45, 2.75) is 0 Å². The van der Waals surface area contributed by atoms with Crippen molar-refractivity contribution >= 4 is 23.8 Å². The first-order valence-electron chi connectivity index (χ1n) is 8.98. The van der Waals surface area contributed by atoms with Crippen molar-refractivity contribution in [1.29, 1.82) is 0 Å². The number of hydrazine groups is 2. The molecule has 0 radical (unpaired) electrons. The number of carbonyl (C=O) groups excluding carboxylic acids is 2. The van der Waals surface area contributed by atoms with Gasteiger partial charge in [0.1, 0.15) is 0 Å². The number of carboxylic acids is 2. The largest absolute Gasteiger partial charge is 0.478 e. The molecule has 0 atom stereocenters. The quantitative estimate of drug-likeness (QED) is 0.202. The average molecular weight is 438 g/mol. The van der Waals surface area contributed by atoms with Crippen molar-refractivity contribution in [1.82, 2.24) is 10.9 Å². The molecule has 0 aliphatic carbocycles. The molecule has 0 unspecified atom stereocenters. The van der Waals surface area contributed by atoms with Gasteiger partial charge in [-0.05, 0) is 42.5 Å². The minimum Gasteiger partial charge on any atom is -0.478 e. The monoisotopic (exact) mass is 438 g/mol. The number of nitrogens with two attached hydrogens (primary N) is 2.